The normalized spacial score (nSPS) is 11.5. The zero-order valence-electron chi connectivity index (χ0n) is 21.8. The van der Waals surface area contributed by atoms with E-state index < -0.39 is 16.1 Å². The number of carbonyl (C=O) groups is 1. The molecule has 39 heavy (non-hydrogen) atoms. The van der Waals surface area contributed by atoms with Gasteiger partial charge in [-0.1, -0.05) is 73.2 Å². The summed E-state index contributed by atoms with van der Waals surface area (Å²) in [6, 6.07) is 30.3. The van der Waals surface area contributed by atoms with Gasteiger partial charge in [-0.15, -0.1) is 0 Å². The van der Waals surface area contributed by atoms with Crippen molar-refractivity contribution in [2.75, 3.05) is 6.54 Å². The van der Waals surface area contributed by atoms with Crippen LogP contribution in [0.1, 0.15) is 23.9 Å². The predicted molar refractivity (Wildman–Crippen MR) is 153 cm³/mol. The zero-order chi connectivity index (χ0) is 27.6. The maximum atomic E-state index is 13.0. The molecule has 198 valence electrons. The van der Waals surface area contributed by atoms with Gasteiger partial charge < -0.3 is 5.11 Å². The number of sulfonamides is 1. The molecule has 0 saturated carbocycles. The van der Waals surface area contributed by atoms with Gasteiger partial charge in [0.25, 0.3) is 10.0 Å². The van der Waals surface area contributed by atoms with Crippen LogP contribution in [0.4, 0.5) is 4.79 Å². The number of rotatable bonds is 8. The monoisotopic (exact) mass is 539 g/mol. The van der Waals surface area contributed by atoms with E-state index in [1.54, 1.807) is 12.1 Å². The van der Waals surface area contributed by atoms with Crippen LogP contribution in [-0.4, -0.2) is 40.0 Å². The number of carboxylic acid groups (broad SMARTS) is 1. The Balaban J connectivity index is 1.38. The maximum absolute atomic E-state index is 13.0. The minimum Gasteiger partial charge on any atom is -0.464 e. The van der Waals surface area contributed by atoms with E-state index >= 15 is 0 Å². The Morgan fingerprint density at radius 3 is 2.23 bits per heavy atom. The van der Waals surface area contributed by atoms with Gasteiger partial charge in [-0.3, -0.25) is 4.57 Å². The number of fused-ring (bicyclic) bond motifs is 1. The fourth-order valence-electron chi connectivity index (χ4n) is 4.66. The standard InChI is InChI=1S/C31H29N3O4S/c1-3-30-32-28-21-25(24-7-5-4-6-8-24)13-18-29(28)34(30)26-14-11-23(12-15-26)19-20-33(31(35)36)39(37,38)27-16-9-22(2)10-17-27/h4-18,21H,3,19-20H2,1-2H3,(H,35,36). The lowest BCUT2D eigenvalue weighted by molar-refractivity contribution is 0.172. The third kappa shape index (κ3) is 5.28. The van der Waals surface area contributed by atoms with Gasteiger partial charge in [0.15, 0.2) is 0 Å². The van der Waals surface area contributed by atoms with Gasteiger partial charge in [-0.05, 0) is 66.4 Å². The van der Waals surface area contributed by atoms with E-state index in [1.165, 1.54) is 12.1 Å². The van der Waals surface area contributed by atoms with Crippen molar-refractivity contribution in [3.8, 4) is 16.8 Å². The van der Waals surface area contributed by atoms with Crippen molar-refractivity contribution in [1.82, 2.24) is 13.9 Å². The minimum atomic E-state index is -4.17. The van der Waals surface area contributed by atoms with E-state index in [1.807, 2.05) is 49.4 Å². The van der Waals surface area contributed by atoms with E-state index in [0.29, 0.717) is 4.31 Å². The molecule has 0 unspecified atom stereocenters. The molecule has 0 bridgehead atoms. The molecule has 0 saturated heterocycles. The van der Waals surface area contributed by atoms with Crippen LogP contribution in [0.5, 0.6) is 0 Å². The highest BCUT2D eigenvalue weighted by Crippen LogP contribution is 2.28. The number of amides is 1. The summed E-state index contributed by atoms with van der Waals surface area (Å²) in [5, 5.41) is 9.66. The molecular weight excluding hydrogens is 510 g/mol. The summed E-state index contributed by atoms with van der Waals surface area (Å²) in [6.07, 6.45) is -0.496. The number of hydrogen-bond donors (Lipinski definition) is 1. The maximum Gasteiger partial charge on any atom is 0.421 e. The van der Waals surface area contributed by atoms with Gasteiger partial charge in [0.2, 0.25) is 0 Å². The molecule has 8 heteroatoms. The fourth-order valence-corrected chi connectivity index (χ4v) is 5.94. The summed E-state index contributed by atoms with van der Waals surface area (Å²) < 4.78 is 28.6. The molecule has 1 N–H and O–H groups in total. The average Bonchev–Trinajstić information content (AvgIpc) is 3.32. The number of benzene rings is 4. The van der Waals surface area contributed by atoms with E-state index in [2.05, 4.69) is 41.8 Å². The Morgan fingerprint density at radius 2 is 1.59 bits per heavy atom. The molecule has 5 aromatic rings. The Morgan fingerprint density at radius 1 is 0.897 bits per heavy atom. The van der Waals surface area contributed by atoms with Crippen molar-refractivity contribution in [2.45, 2.75) is 31.6 Å². The molecular formula is C31H29N3O4S. The molecule has 0 radical (unpaired) electrons. The average molecular weight is 540 g/mol. The number of nitrogens with zero attached hydrogens (tertiary/aromatic N) is 3. The molecule has 0 fully saturated rings. The van der Waals surface area contributed by atoms with E-state index in [9.17, 15) is 18.3 Å². The van der Waals surface area contributed by atoms with Crippen LogP contribution in [0.3, 0.4) is 0 Å². The van der Waals surface area contributed by atoms with Crippen molar-refractivity contribution in [3.63, 3.8) is 0 Å². The highest BCUT2D eigenvalue weighted by molar-refractivity contribution is 7.89. The Hall–Kier alpha value is -4.43. The Labute approximate surface area is 228 Å². The van der Waals surface area contributed by atoms with Crippen LogP contribution in [0.25, 0.3) is 27.8 Å². The van der Waals surface area contributed by atoms with Crippen LogP contribution < -0.4 is 0 Å². The Bertz CT molecular complexity index is 1730. The smallest absolute Gasteiger partial charge is 0.421 e. The third-order valence-corrected chi connectivity index (χ3v) is 8.55. The summed E-state index contributed by atoms with van der Waals surface area (Å²) in [5.41, 5.74) is 6.82. The van der Waals surface area contributed by atoms with Gasteiger partial charge in [0.05, 0.1) is 15.9 Å². The number of imidazole rings is 1. The van der Waals surface area contributed by atoms with Gasteiger partial charge in [-0.25, -0.2) is 22.5 Å². The molecule has 5 rings (SSSR count). The second kappa shape index (κ2) is 10.7. The van der Waals surface area contributed by atoms with Crippen molar-refractivity contribution < 1.29 is 18.3 Å². The van der Waals surface area contributed by atoms with E-state index in [-0.39, 0.29) is 17.9 Å². The zero-order valence-corrected chi connectivity index (χ0v) is 22.6. The van der Waals surface area contributed by atoms with Gasteiger partial charge >= 0.3 is 6.09 Å². The SMILES string of the molecule is CCc1nc2cc(-c3ccccc3)ccc2n1-c1ccc(CCN(C(=O)O)S(=O)(=O)c2ccc(C)cc2)cc1. The number of aryl methyl sites for hydroxylation is 2. The predicted octanol–water partition coefficient (Wildman–Crippen LogP) is 6.47. The summed E-state index contributed by atoms with van der Waals surface area (Å²) in [7, 11) is -4.17. The van der Waals surface area contributed by atoms with Crippen molar-refractivity contribution in [1.29, 1.82) is 0 Å². The third-order valence-electron chi connectivity index (χ3n) is 6.77. The largest absolute Gasteiger partial charge is 0.464 e. The summed E-state index contributed by atoms with van der Waals surface area (Å²) >= 11 is 0. The highest BCUT2D eigenvalue weighted by Gasteiger charge is 2.28. The summed E-state index contributed by atoms with van der Waals surface area (Å²) in [5.74, 6) is 0.934. The number of aromatic nitrogens is 2. The molecule has 1 aromatic heterocycles. The van der Waals surface area contributed by atoms with E-state index in [4.69, 9.17) is 4.98 Å². The first-order valence-electron chi connectivity index (χ1n) is 12.8. The quantitative estimate of drug-likeness (QED) is 0.244. The lowest BCUT2D eigenvalue weighted by atomic mass is 10.1. The second-order valence-corrected chi connectivity index (χ2v) is 11.2. The molecule has 1 amide bonds. The van der Waals surface area contributed by atoms with Crippen molar-refractivity contribution in [2.24, 2.45) is 0 Å². The van der Waals surface area contributed by atoms with Crippen LogP contribution in [-0.2, 0) is 22.9 Å². The fraction of sp³-hybridized carbons (Fsp3) is 0.161. The van der Waals surface area contributed by atoms with Crippen LogP contribution in [0.2, 0.25) is 0 Å². The lowest BCUT2D eigenvalue weighted by Crippen LogP contribution is -2.37. The van der Waals surface area contributed by atoms with Gasteiger partial charge in [0.1, 0.15) is 5.82 Å². The molecule has 0 aliphatic carbocycles. The number of hydrogen-bond acceptors (Lipinski definition) is 4. The van der Waals surface area contributed by atoms with Crippen molar-refractivity contribution in [3.05, 3.63) is 114 Å². The first-order chi connectivity index (χ1) is 18.8. The molecule has 1 heterocycles. The van der Waals surface area contributed by atoms with Crippen LogP contribution in [0, 0.1) is 6.92 Å². The van der Waals surface area contributed by atoms with Gasteiger partial charge in [0, 0.05) is 18.7 Å². The molecule has 4 aromatic carbocycles. The molecule has 7 nitrogen and oxygen atoms in total. The topological polar surface area (TPSA) is 92.5 Å². The minimum absolute atomic E-state index is 0.0413. The first kappa shape index (κ1) is 26.2. The summed E-state index contributed by atoms with van der Waals surface area (Å²) in [4.78, 5) is 16.7. The van der Waals surface area contributed by atoms with E-state index in [0.717, 1.165) is 51.2 Å². The van der Waals surface area contributed by atoms with Crippen LogP contribution >= 0.6 is 0 Å². The lowest BCUT2D eigenvalue weighted by Gasteiger charge is -2.19. The van der Waals surface area contributed by atoms with Gasteiger partial charge in [-0.2, -0.15) is 0 Å². The molecule has 0 spiro atoms. The van der Waals surface area contributed by atoms with Crippen LogP contribution in [0.15, 0.2) is 102 Å². The first-order valence-corrected chi connectivity index (χ1v) is 14.2. The highest BCUT2D eigenvalue weighted by atomic mass is 32.2. The second-order valence-electron chi connectivity index (χ2n) is 9.38. The summed E-state index contributed by atoms with van der Waals surface area (Å²) in [6.45, 7) is 3.73. The molecule has 0 aliphatic heterocycles. The van der Waals surface area contributed by atoms with Crippen molar-refractivity contribution >= 4 is 27.1 Å². The Kier molecular flexibility index (Phi) is 7.21. The molecule has 0 atom stereocenters. The molecule has 0 aliphatic rings.